The summed E-state index contributed by atoms with van der Waals surface area (Å²) in [6, 6.07) is 0. The third kappa shape index (κ3) is 2.70. The van der Waals surface area contributed by atoms with E-state index in [1.54, 1.807) is 7.05 Å². The number of aliphatic carboxylic acids is 1. The molecule has 0 saturated heterocycles. The third-order valence-corrected chi connectivity index (χ3v) is 2.45. The number of hydrogen-bond donors (Lipinski definition) is 2. The molecule has 0 aromatic rings. The van der Waals surface area contributed by atoms with E-state index in [4.69, 9.17) is 10.8 Å². The van der Waals surface area contributed by atoms with Crippen LogP contribution in [0.5, 0.6) is 0 Å². The summed E-state index contributed by atoms with van der Waals surface area (Å²) in [6.45, 7) is 0.462. The summed E-state index contributed by atoms with van der Waals surface area (Å²) in [4.78, 5) is 23.3. The first-order valence-electron chi connectivity index (χ1n) is 4.72. The molecule has 0 aliphatic heterocycles. The van der Waals surface area contributed by atoms with Crippen molar-refractivity contribution in [2.45, 2.75) is 31.2 Å². The Hall–Kier alpha value is -1.10. The number of likely N-dealkylation sites (N-methyl/N-ethyl adjacent to an activating group) is 1. The zero-order valence-electron chi connectivity index (χ0n) is 8.32. The maximum atomic E-state index is 11.6. The van der Waals surface area contributed by atoms with Gasteiger partial charge in [-0.15, -0.1) is 0 Å². The fourth-order valence-corrected chi connectivity index (χ4v) is 1.30. The number of carboxylic acid groups (broad SMARTS) is 1. The summed E-state index contributed by atoms with van der Waals surface area (Å²) in [5.74, 6) is -0.900. The van der Waals surface area contributed by atoms with Gasteiger partial charge in [-0.3, -0.25) is 9.59 Å². The predicted octanol–water partition coefficient (Wildman–Crippen LogP) is -0.199. The maximum Gasteiger partial charge on any atom is 0.303 e. The molecule has 1 rings (SSSR count). The second-order valence-electron chi connectivity index (χ2n) is 3.88. The van der Waals surface area contributed by atoms with Crippen LogP contribution in [0.2, 0.25) is 0 Å². The average Bonchev–Trinajstić information content (AvgIpc) is 2.83. The minimum atomic E-state index is -0.834. The van der Waals surface area contributed by atoms with E-state index < -0.39 is 11.5 Å². The van der Waals surface area contributed by atoms with E-state index in [0.717, 1.165) is 12.8 Å². The molecule has 0 bridgehead atoms. The van der Waals surface area contributed by atoms with Crippen LogP contribution >= 0.6 is 0 Å². The van der Waals surface area contributed by atoms with Crippen molar-refractivity contribution >= 4 is 11.9 Å². The Kier molecular flexibility index (Phi) is 3.10. The molecule has 3 N–H and O–H groups in total. The van der Waals surface area contributed by atoms with E-state index in [2.05, 4.69) is 0 Å². The lowest BCUT2D eigenvalue weighted by Gasteiger charge is -2.20. The van der Waals surface area contributed by atoms with Gasteiger partial charge >= 0.3 is 5.97 Å². The Balaban J connectivity index is 2.24. The van der Waals surface area contributed by atoms with Crippen molar-refractivity contribution in [2.24, 2.45) is 5.73 Å². The lowest BCUT2D eigenvalue weighted by atomic mass is 10.2. The van der Waals surface area contributed by atoms with Crippen LogP contribution in [0.3, 0.4) is 0 Å². The summed E-state index contributed by atoms with van der Waals surface area (Å²) < 4.78 is 0. The molecule has 80 valence electrons. The summed E-state index contributed by atoms with van der Waals surface area (Å²) in [7, 11) is 1.66. The molecule has 0 radical (unpaired) electrons. The molecule has 0 atom stereocenters. The summed E-state index contributed by atoms with van der Waals surface area (Å²) >= 11 is 0. The van der Waals surface area contributed by atoms with Gasteiger partial charge in [-0.2, -0.15) is 0 Å². The van der Waals surface area contributed by atoms with Gasteiger partial charge in [0.05, 0.1) is 5.54 Å². The smallest absolute Gasteiger partial charge is 0.303 e. The van der Waals surface area contributed by atoms with Gasteiger partial charge in [0.1, 0.15) is 0 Å². The molecule has 1 aliphatic carbocycles. The zero-order valence-corrected chi connectivity index (χ0v) is 8.32. The predicted molar refractivity (Wildman–Crippen MR) is 50.7 cm³/mol. The maximum absolute atomic E-state index is 11.6. The second-order valence-corrected chi connectivity index (χ2v) is 3.88. The molecule has 0 unspecified atom stereocenters. The number of carbonyl (C=O) groups excluding carboxylic acids is 1. The van der Waals surface area contributed by atoms with Crippen molar-refractivity contribution < 1.29 is 14.7 Å². The van der Waals surface area contributed by atoms with Gasteiger partial charge in [-0.05, 0) is 19.3 Å². The van der Waals surface area contributed by atoms with Crippen LogP contribution in [-0.4, -0.2) is 41.0 Å². The van der Waals surface area contributed by atoms with Gasteiger partial charge in [0.15, 0.2) is 0 Å². The van der Waals surface area contributed by atoms with E-state index in [1.807, 2.05) is 0 Å². The van der Waals surface area contributed by atoms with E-state index in [1.165, 1.54) is 4.90 Å². The number of nitrogens with zero attached hydrogens (tertiary/aromatic N) is 1. The molecule has 0 aromatic carbocycles. The molecule has 14 heavy (non-hydrogen) atoms. The normalized spacial score (nSPS) is 17.6. The SMILES string of the molecule is CN(CCCC(=O)O)C(=O)C1(N)CC1. The molecule has 1 fully saturated rings. The largest absolute Gasteiger partial charge is 0.481 e. The minimum Gasteiger partial charge on any atom is -0.481 e. The van der Waals surface area contributed by atoms with Crippen LogP contribution in [0.1, 0.15) is 25.7 Å². The third-order valence-electron chi connectivity index (χ3n) is 2.45. The Labute approximate surface area is 82.9 Å². The summed E-state index contributed by atoms with van der Waals surface area (Å²) in [5, 5.41) is 8.41. The van der Waals surface area contributed by atoms with Crippen molar-refractivity contribution in [3.8, 4) is 0 Å². The van der Waals surface area contributed by atoms with Gasteiger partial charge in [-0.25, -0.2) is 0 Å². The number of carbonyl (C=O) groups is 2. The average molecular weight is 200 g/mol. The van der Waals surface area contributed by atoms with Crippen molar-refractivity contribution in [1.82, 2.24) is 4.90 Å². The van der Waals surface area contributed by atoms with Crippen molar-refractivity contribution in [3.63, 3.8) is 0 Å². The molecular formula is C9H16N2O3. The highest BCUT2D eigenvalue weighted by Crippen LogP contribution is 2.33. The molecule has 0 heterocycles. The topological polar surface area (TPSA) is 83.6 Å². The first kappa shape index (κ1) is 11.0. The number of carboxylic acids is 1. The van der Waals surface area contributed by atoms with Gasteiger partial charge in [0.25, 0.3) is 0 Å². The van der Waals surface area contributed by atoms with Crippen LogP contribution in [-0.2, 0) is 9.59 Å². The van der Waals surface area contributed by atoms with E-state index >= 15 is 0 Å². The first-order chi connectivity index (χ1) is 6.46. The highest BCUT2D eigenvalue weighted by Gasteiger charge is 2.47. The zero-order chi connectivity index (χ0) is 10.8. The lowest BCUT2D eigenvalue weighted by Crippen LogP contribution is -2.44. The molecule has 1 aliphatic rings. The molecule has 0 aromatic heterocycles. The van der Waals surface area contributed by atoms with Crippen LogP contribution < -0.4 is 5.73 Å². The fraction of sp³-hybridized carbons (Fsp3) is 0.778. The molecule has 1 amide bonds. The molecule has 5 nitrogen and oxygen atoms in total. The minimum absolute atomic E-state index is 0.0668. The summed E-state index contributed by atoms with van der Waals surface area (Å²) in [6.07, 6.45) is 2.06. The number of amides is 1. The van der Waals surface area contributed by atoms with E-state index in [9.17, 15) is 9.59 Å². The Bertz CT molecular complexity index is 248. The highest BCUT2D eigenvalue weighted by molar-refractivity contribution is 5.88. The molecule has 1 saturated carbocycles. The van der Waals surface area contributed by atoms with E-state index in [-0.39, 0.29) is 12.3 Å². The van der Waals surface area contributed by atoms with Crippen LogP contribution in [0, 0.1) is 0 Å². The van der Waals surface area contributed by atoms with Gasteiger partial charge in [0, 0.05) is 20.0 Å². The van der Waals surface area contributed by atoms with Gasteiger partial charge in [-0.1, -0.05) is 0 Å². The molecular weight excluding hydrogens is 184 g/mol. The Morgan fingerprint density at radius 1 is 1.50 bits per heavy atom. The molecule has 0 spiro atoms. The number of nitrogens with two attached hydrogens (primary N) is 1. The van der Waals surface area contributed by atoms with E-state index in [0.29, 0.717) is 13.0 Å². The van der Waals surface area contributed by atoms with Crippen molar-refractivity contribution in [1.29, 1.82) is 0 Å². The fourth-order valence-electron chi connectivity index (χ4n) is 1.30. The molecule has 5 heteroatoms. The standard InChI is InChI=1S/C9H16N2O3/c1-11(6-2-3-7(12)13)8(14)9(10)4-5-9/h2-6,10H2,1H3,(H,12,13). The lowest BCUT2D eigenvalue weighted by molar-refractivity contribution is -0.138. The quantitative estimate of drug-likeness (QED) is 0.643. The number of hydrogen-bond acceptors (Lipinski definition) is 3. The monoisotopic (exact) mass is 200 g/mol. The number of rotatable bonds is 5. The Morgan fingerprint density at radius 3 is 2.50 bits per heavy atom. The highest BCUT2D eigenvalue weighted by atomic mass is 16.4. The van der Waals surface area contributed by atoms with Crippen LogP contribution in [0.4, 0.5) is 0 Å². The first-order valence-corrected chi connectivity index (χ1v) is 4.72. The van der Waals surface area contributed by atoms with Crippen LogP contribution in [0.15, 0.2) is 0 Å². The second kappa shape index (κ2) is 3.96. The van der Waals surface area contributed by atoms with Gasteiger partial charge < -0.3 is 15.7 Å². The van der Waals surface area contributed by atoms with Crippen molar-refractivity contribution in [3.05, 3.63) is 0 Å². The van der Waals surface area contributed by atoms with Gasteiger partial charge in [0.2, 0.25) is 5.91 Å². The Morgan fingerprint density at radius 2 is 2.07 bits per heavy atom. The summed E-state index contributed by atoms with van der Waals surface area (Å²) in [5.41, 5.74) is 5.07. The van der Waals surface area contributed by atoms with Crippen molar-refractivity contribution in [2.75, 3.05) is 13.6 Å². The van der Waals surface area contributed by atoms with Crippen LogP contribution in [0.25, 0.3) is 0 Å².